The van der Waals surface area contributed by atoms with Crippen molar-refractivity contribution in [2.24, 2.45) is 5.92 Å². The van der Waals surface area contributed by atoms with Crippen LogP contribution in [0.5, 0.6) is 5.88 Å². The summed E-state index contributed by atoms with van der Waals surface area (Å²) < 4.78 is 24.9. The minimum absolute atomic E-state index is 0.0251. The quantitative estimate of drug-likeness (QED) is 0.918. The van der Waals surface area contributed by atoms with E-state index in [4.69, 9.17) is 9.47 Å². The highest BCUT2D eigenvalue weighted by Gasteiger charge is 2.44. The Morgan fingerprint density at radius 3 is 3.10 bits per heavy atom. The number of halogens is 1. The average molecular weight is 280 g/mol. The van der Waals surface area contributed by atoms with E-state index in [2.05, 4.69) is 10.3 Å². The van der Waals surface area contributed by atoms with Crippen LogP contribution in [0.25, 0.3) is 0 Å². The second kappa shape index (κ2) is 6.06. The van der Waals surface area contributed by atoms with Gasteiger partial charge >= 0.3 is 0 Å². The molecule has 1 spiro atoms. The number of piperidine rings is 1. The Morgan fingerprint density at radius 1 is 1.45 bits per heavy atom. The standard InChI is InChI=1S/C15H21FN2O2/c16-13-2-1-7-18-14(13)19-10-3-12-4-11-20-15(12)5-8-17-9-6-15/h1-2,7,12,17H,3-6,8-11H2. The normalized spacial score (nSPS) is 24.9. The summed E-state index contributed by atoms with van der Waals surface area (Å²) in [6.45, 7) is 3.37. The van der Waals surface area contributed by atoms with Crippen LogP contribution in [0.1, 0.15) is 25.7 Å². The van der Waals surface area contributed by atoms with Crippen LogP contribution in [-0.4, -0.2) is 36.9 Å². The van der Waals surface area contributed by atoms with Crippen molar-refractivity contribution in [3.05, 3.63) is 24.1 Å². The summed E-state index contributed by atoms with van der Waals surface area (Å²) in [4.78, 5) is 3.91. The van der Waals surface area contributed by atoms with Gasteiger partial charge in [-0.25, -0.2) is 9.37 Å². The first-order chi connectivity index (χ1) is 9.80. The van der Waals surface area contributed by atoms with E-state index in [-0.39, 0.29) is 11.5 Å². The van der Waals surface area contributed by atoms with Gasteiger partial charge in [0.05, 0.1) is 12.2 Å². The maximum atomic E-state index is 13.4. The summed E-state index contributed by atoms with van der Waals surface area (Å²) in [6.07, 6.45) is 5.65. The molecule has 2 aliphatic rings. The Hall–Kier alpha value is -1.20. The SMILES string of the molecule is Fc1cccnc1OCCC1CCOC12CCNCC2. The number of nitrogens with zero attached hydrogens (tertiary/aromatic N) is 1. The van der Waals surface area contributed by atoms with Crippen LogP contribution >= 0.6 is 0 Å². The minimum atomic E-state index is -0.397. The lowest BCUT2D eigenvalue weighted by molar-refractivity contribution is -0.0483. The van der Waals surface area contributed by atoms with Crippen molar-refractivity contribution in [1.82, 2.24) is 10.3 Å². The van der Waals surface area contributed by atoms with E-state index in [1.54, 1.807) is 12.3 Å². The highest BCUT2D eigenvalue weighted by Crippen LogP contribution is 2.40. The van der Waals surface area contributed by atoms with Gasteiger partial charge in [-0.15, -0.1) is 0 Å². The molecule has 5 heteroatoms. The Kier molecular flexibility index (Phi) is 4.17. The lowest BCUT2D eigenvalue weighted by Crippen LogP contribution is -2.46. The van der Waals surface area contributed by atoms with Gasteiger partial charge in [0, 0.05) is 12.8 Å². The minimum Gasteiger partial charge on any atom is -0.476 e. The largest absolute Gasteiger partial charge is 0.476 e. The molecule has 1 N–H and O–H groups in total. The summed E-state index contributed by atoms with van der Waals surface area (Å²) in [5.41, 5.74) is 0.0251. The third kappa shape index (κ3) is 2.79. The van der Waals surface area contributed by atoms with E-state index in [9.17, 15) is 4.39 Å². The molecule has 0 amide bonds. The van der Waals surface area contributed by atoms with Crippen LogP contribution in [0.15, 0.2) is 18.3 Å². The summed E-state index contributed by atoms with van der Waals surface area (Å²) in [7, 11) is 0. The molecule has 2 saturated heterocycles. The van der Waals surface area contributed by atoms with Crippen molar-refractivity contribution in [2.45, 2.75) is 31.3 Å². The highest BCUT2D eigenvalue weighted by molar-refractivity contribution is 5.12. The summed E-state index contributed by atoms with van der Waals surface area (Å²) >= 11 is 0. The van der Waals surface area contributed by atoms with Gasteiger partial charge in [0.1, 0.15) is 0 Å². The fourth-order valence-electron chi connectivity index (χ4n) is 3.37. The summed E-state index contributed by atoms with van der Waals surface area (Å²) in [5, 5.41) is 3.38. The molecular formula is C15H21FN2O2. The Morgan fingerprint density at radius 2 is 2.30 bits per heavy atom. The molecule has 4 nitrogen and oxygen atoms in total. The molecular weight excluding hydrogens is 259 g/mol. The molecule has 0 radical (unpaired) electrons. The first-order valence-corrected chi connectivity index (χ1v) is 7.38. The molecule has 0 aromatic carbocycles. The Bertz CT molecular complexity index is 449. The average Bonchev–Trinajstić information content (AvgIpc) is 2.84. The number of ether oxygens (including phenoxy) is 2. The Labute approximate surface area is 118 Å². The highest BCUT2D eigenvalue weighted by atomic mass is 19.1. The molecule has 0 saturated carbocycles. The fraction of sp³-hybridized carbons (Fsp3) is 0.667. The zero-order chi connectivity index (χ0) is 13.8. The molecule has 110 valence electrons. The monoisotopic (exact) mass is 280 g/mol. The first kappa shape index (κ1) is 13.8. The number of aromatic nitrogens is 1. The lowest BCUT2D eigenvalue weighted by Gasteiger charge is -2.38. The number of hydrogen-bond donors (Lipinski definition) is 1. The lowest BCUT2D eigenvalue weighted by atomic mass is 9.78. The van der Waals surface area contributed by atoms with E-state index >= 15 is 0 Å². The van der Waals surface area contributed by atoms with Gasteiger partial charge in [0.25, 0.3) is 0 Å². The van der Waals surface area contributed by atoms with Crippen LogP contribution in [0.3, 0.4) is 0 Å². The molecule has 2 aliphatic heterocycles. The summed E-state index contributed by atoms with van der Waals surface area (Å²) in [5.74, 6) is 0.217. The summed E-state index contributed by atoms with van der Waals surface area (Å²) in [6, 6.07) is 2.94. The smallest absolute Gasteiger partial charge is 0.250 e. The van der Waals surface area contributed by atoms with E-state index < -0.39 is 5.82 Å². The van der Waals surface area contributed by atoms with Gasteiger partial charge in [0.15, 0.2) is 5.82 Å². The van der Waals surface area contributed by atoms with Crippen LogP contribution in [0.4, 0.5) is 4.39 Å². The molecule has 1 aromatic rings. The zero-order valence-electron chi connectivity index (χ0n) is 11.6. The molecule has 20 heavy (non-hydrogen) atoms. The van der Waals surface area contributed by atoms with Crippen LogP contribution in [0.2, 0.25) is 0 Å². The Balaban J connectivity index is 1.54. The van der Waals surface area contributed by atoms with E-state index in [1.807, 2.05) is 0 Å². The van der Waals surface area contributed by atoms with Gasteiger partial charge in [-0.3, -0.25) is 0 Å². The van der Waals surface area contributed by atoms with Crippen LogP contribution < -0.4 is 10.1 Å². The van der Waals surface area contributed by atoms with Gasteiger partial charge in [-0.05, 0) is 56.8 Å². The van der Waals surface area contributed by atoms with E-state index in [0.717, 1.165) is 45.4 Å². The van der Waals surface area contributed by atoms with Crippen LogP contribution in [-0.2, 0) is 4.74 Å². The zero-order valence-corrected chi connectivity index (χ0v) is 11.6. The predicted molar refractivity (Wildman–Crippen MR) is 73.2 cm³/mol. The topological polar surface area (TPSA) is 43.4 Å². The van der Waals surface area contributed by atoms with Crippen molar-refractivity contribution < 1.29 is 13.9 Å². The van der Waals surface area contributed by atoms with E-state index in [1.165, 1.54) is 6.07 Å². The van der Waals surface area contributed by atoms with Gasteiger partial charge in [0.2, 0.25) is 5.88 Å². The van der Waals surface area contributed by atoms with Crippen molar-refractivity contribution in [3.8, 4) is 5.88 Å². The molecule has 1 aromatic heterocycles. The first-order valence-electron chi connectivity index (χ1n) is 7.38. The molecule has 3 heterocycles. The van der Waals surface area contributed by atoms with Crippen molar-refractivity contribution in [3.63, 3.8) is 0 Å². The number of nitrogens with one attached hydrogen (secondary N) is 1. The molecule has 1 unspecified atom stereocenters. The number of pyridine rings is 1. The van der Waals surface area contributed by atoms with E-state index in [0.29, 0.717) is 12.5 Å². The third-order valence-electron chi connectivity index (χ3n) is 4.48. The molecule has 2 fully saturated rings. The molecule has 0 aliphatic carbocycles. The molecule has 1 atom stereocenters. The number of hydrogen-bond acceptors (Lipinski definition) is 4. The van der Waals surface area contributed by atoms with Crippen molar-refractivity contribution >= 4 is 0 Å². The second-order valence-corrected chi connectivity index (χ2v) is 5.58. The maximum Gasteiger partial charge on any atom is 0.250 e. The second-order valence-electron chi connectivity index (χ2n) is 5.58. The molecule has 3 rings (SSSR count). The third-order valence-corrected chi connectivity index (χ3v) is 4.48. The van der Waals surface area contributed by atoms with Gasteiger partial charge in [-0.2, -0.15) is 0 Å². The van der Waals surface area contributed by atoms with Gasteiger partial charge in [-0.1, -0.05) is 0 Å². The predicted octanol–water partition coefficient (Wildman–Crippen LogP) is 2.15. The fourth-order valence-corrected chi connectivity index (χ4v) is 3.37. The molecule has 0 bridgehead atoms. The van der Waals surface area contributed by atoms with Crippen molar-refractivity contribution in [2.75, 3.05) is 26.3 Å². The van der Waals surface area contributed by atoms with Gasteiger partial charge < -0.3 is 14.8 Å². The van der Waals surface area contributed by atoms with Crippen molar-refractivity contribution in [1.29, 1.82) is 0 Å². The van der Waals surface area contributed by atoms with Crippen LogP contribution in [0, 0.1) is 11.7 Å². The maximum absolute atomic E-state index is 13.4. The number of rotatable bonds is 4.